The van der Waals surface area contributed by atoms with Crippen molar-refractivity contribution < 1.29 is 21.1 Å². The summed E-state index contributed by atoms with van der Waals surface area (Å²) < 4.78 is 2.27. The van der Waals surface area contributed by atoms with Crippen LogP contribution in [0.1, 0.15) is 37.5 Å². The Kier molecular flexibility index (Phi) is 8.81. The van der Waals surface area contributed by atoms with Gasteiger partial charge in [0.2, 0.25) is 0 Å². The average Bonchev–Trinajstić information content (AvgIpc) is 3.71. The second-order valence-corrected chi connectivity index (χ2v) is 14.2. The summed E-state index contributed by atoms with van der Waals surface area (Å²) >= 11 is 0. The first kappa shape index (κ1) is 33.7. The molecule has 1 aliphatic rings. The van der Waals surface area contributed by atoms with Crippen LogP contribution < -0.4 is 9.80 Å². The molecule has 0 saturated carbocycles. The number of nitrogens with zero attached hydrogens (tertiary/aromatic N) is 4. The number of anilines is 4. The molecule has 52 heavy (non-hydrogen) atoms. The smallest absolute Gasteiger partial charge is 0.135 e. The van der Waals surface area contributed by atoms with E-state index >= 15 is 0 Å². The first-order valence-corrected chi connectivity index (χ1v) is 17.5. The van der Waals surface area contributed by atoms with Gasteiger partial charge >= 0.3 is 0 Å². The van der Waals surface area contributed by atoms with Crippen molar-refractivity contribution in [3.05, 3.63) is 187 Å². The van der Waals surface area contributed by atoms with Crippen molar-refractivity contribution in [1.82, 2.24) is 9.55 Å². The minimum atomic E-state index is 0. The zero-order valence-electron chi connectivity index (χ0n) is 29.3. The monoisotopic (exact) mass is 852 g/mol. The quantitative estimate of drug-likeness (QED) is 0.156. The summed E-state index contributed by atoms with van der Waals surface area (Å²) in [4.78, 5) is 9.40. The Balaban J connectivity index is 0.00000387. The maximum atomic E-state index is 4.86. The Morgan fingerprint density at radius 1 is 0.615 bits per heavy atom. The molecule has 0 aliphatic carbocycles. The summed E-state index contributed by atoms with van der Waals surface area (Å²) in [6, 6.07) is 59.2. The number of fused-ring (bicyclic) bond motifs is 4. The minimum absolute atomic E-state index is 0. The van der Waals surface area contributed by atoms with Gasteiger partial charge in [-0.2, -0.15) is 53.6 Å². The Labute approximate surface area is 320 Å². The van der Waals surface area contributed by atoms with E-state index in [1.54, 1.807) is 0 Å². The summed E-state index contributed by atoms with van der Waals surface area (Å²) in [5, 5.41) is 2.38. The molecular formula is C47H37N4Pt-3. The van der Waals surface area contributed by atoms with Gasteiger partial charge in [0.05, 0.1) is 0 Å². The van der Waals surface area contributed by atoms with E-state index in [-0.39, 0.29) is 26.5 Å². The van der Waals surface area contributed by atoms with Crippen LogP contribution in [0.2, 0.25) is 0 Å². The molecule has 2 aromatic heterocycles. The third-order valence-electron chi connectivity index (χ3n) is 9.85. The third-order valence-corrected chi connectivity index (χ3v) is 9.85. The van der Waals surface area contributed by atoms with E-state index in [0.717, 1.165) is 50.7 Å². The zero-order valence-corrected chi connectivity index (χ0v) is 31.6. The van der Waals surface area contributed by atoms with Crippen LogP contribution in [-0.4, -0.2) is 9.55 Å². The molecule has 0 fully saturated rings. The Morgan fingerprint density at radius 2 is 1.31 bits per heavy atom. The van der Waals surface area contributed by atoms with Gasteiger partial charge in [0.1, 0.15) is 5.82 Å². The van der Waals surface area contributed by atoms with Gasteiger partial charge in [-0.1, -0.05) is 105 Å². The maximum Gasteiger partial charge on any atom is 0.135 e. The van der Waals surface area contributed by atoms with E-state index in [9.17, 15) is 0 Å². The van der Waals surface area contributed by atoms with Crippen molar-refractivity contribution in [3.63, 3.8) is 0 Å². The molecule has 0 amide bonds. The molecule has 0 radical (unpaired) electrons. The molecule has 8 aromatic rings. The van der Waals surface area contributed by atoms with E-state index < -0.39 is 0 Å². The Hall–Kier alpha value is -5.44. The first-order chi connectivity index (χ1) is 24.9. The van der Waals surface area contributed by atoms with Crippen molar-refractivity contribution in [2.45, 2.75) is 32.6 Å². The zero-order chi connectivity index (χ0) is 34.5. The Bertz CT molecular complexity index is 2550. The standard InChI is InChI=1S/C47H37N4.Pt/c1-47(2,3)36-26-27-48-46(31-36)51-42-21-10-8-19-39(42)40-25-24-34(30-45(40)51)28-33-14-13-17-37(29-33)49-32-50(44-23-12-11-22-43(44)49)41-20-9-7-18-38(41)35-15-5-4-6-16-35;/h4-27,31-32H,28H2,1-3H3;/q-3;. The number of benzene rings is 6. The molecular weight excluding hydrogens is 816 g/mol. The average molecular weight is 853 g/mol. The largest absolute Gasteiger partial charge is 0.493 e. The molecule has 1 aliphatic heterocycles. The second-order valence-electron chi connectivity index (χ2n) is 14.2. The summed E-state index contributed by atoms with van der Waals surface area (Å²) in [5.41, 5.74) is 12.4. The summed E-state index contributed by atoms with van der Waals surface area (Å²) in [5.74, 6) is 0.914. The molecule has 0 saturated heterocycles. The van der Waals surface area contributed by atoms with Crippen molar-refractivity contribution in [2.24, 2.45) is 0 Å². The van der Waals surface area contributed by atoms with Crippen molar-refractivity contribution in [2.75, 3.05) is 9.80 Å². The number of hydrogen-bond donors (Lipinski definition) is 0. The van der Waals surface area contributed by atoms with Crippen LogP contribution in [0.4, 0.5) is 22.7 Å². The topological polar surface area (TPSA) is 24.3 Å². The van der Waals surface area contributed by atoms with E-state index in [1.165, 1.54) is 27.5 Å². The van der Waals surface area contributed by atoms with Gasteiger partial charge < -0.3 is 14.4 Å². The van der Waals surface area contributed by atoms with Crippen LogP contribution in [0.25, 0.3) is 38.8 Å². The van der Waals surface area contributed by atoms with Crippen molar-refractivity contribution >= 4 is 44.6 Å². The van der Waals surface area contributed by atoms with Crippen LogP contribution in [0.15, 0.2) is 152 Å². The van der Waals surface area contributed by atoms with E-state index in [2.05, 4.69) is 200 Å². The fourth-order valence-electron chi connectivity index (χ4n) is 7.28. The van der Waals surface area contributed by atoms with Crippen LogP contribution in [0, 0.1) is 18.8 Å². The molecule has 3 heterocycles. The number of pyridine rings is 1. The fraction of sp³-hybridized carbons (Fsp3) is 0.106. The van der Waals surface area contributed by atoms with Gasteiger partial charge in [0.25, 0.3) is 0 Å². The van der Waals surface area contributed by atoms with Crippen LogP contribution in [0.5, 0.6) is 0 Å². The first-order valence-electron chi connectivity index (χ1n) is 17.5. The van der Waals surface area contributed by atoms with Gasteiger partial charge in [-0.05, 0) is 64.7 Å². The molecule has 4 nitrogen and oxygen atoms in total. The number of aromatic nitrogens is 2. The molecule has 6 aromatic carbocycles. The molecule has 0 unspecified atom stereocenters. The van der Waals surface area contributed by atoms with E-state index in [1.807, 2.05) is 6.20 Å². The molecule has 0 bridgehead atoms. The normalized spacial score (nSPS) is 12.7. The van der Waals surface area contributed by atoms with E-state index in [4.69, 9.17) is 4.98 Å². The molecule has 0 N–H and O–H groups in total. The predicted octanol–water partition coefficient (Wildman–Crippen LogP) is 11.7. The van der Waals surface area contributed by atoms with Crippen LogP contribution in [-0.2, 0) is 32.9 Å². The van der Waals surface area contributed by atoms with Gasteiger partial charge in [-0.25, -0.2) is 4.98 Å². The number of para-hydroxylation sites is 4. The maximum absolute atomic E-state index is 4.86. The number of rotatable bonds is 6. The van der Waals surface area contributed by atoms with E-state index in [0.29, 0.717) is 6.42 Å². The Morgan fingerprint density at radius 3 is 2.12 bits per heavy atom. The molecule has 9 rings (SSSR count). The SMILES string of the molecule is CC(C)(C)c1ccnc(-n2c3[c-]c(Cc4[c-]c(N5[CH-]N(c6ccccc6-c6ccccc6)c6ccccc65)ccc4)ccc3c3ccccc32)c1.[Pt]. The van der Waals surface area contributed by atoms with Crippen molar-refractivity contribution in [1.29, 1.82) is 0 Å². The fourth-order valence-corrected chi connectivity index (χ4v) is 7.28. The molecule has 0 spiro atoms. The van der Waals surface area contributed by atoms with Crippen molar-refractivity contribution in [3.8, 4) is 16.9 Å². The summed E-state index contributed by atoms with van der Waals surface area (Å²) in [6.07, 6.45) is 2.63. The van der Waals surface area contributed by atoms with Gasteiger partial charge in [0.15, 0.2) is 0 Å². The third kappa shape index (κ3) is 6.01. The second kappa shape index (κ2) is 13.6. The predicted molar refractivity (Wildman–Crippen MR) is 211 cm³/mol. The summed E-state index contributed by atoms with van der Waals surface area (Å²) in [7, 11) is 0. The molecule has 5 heteroatoms. The van der Waals surface area contributed by atoms with Gasteiger partial charge in [-0.3, -0.25) is 0 Å². The van der Waals surface area contributed by atoms with Crippen LogP contribution >= 0.6 is 0 Å². The molecule has 258 valence electrons. The number of hydrogen-bond acceptors (Lipinski definition) is 3. The molecule has 0 atom stereocenters. The minimum Gasteiger partial charge on any atom is -0.493 e. The van der Waals surface area contributed by atoms with Gasteiger partial charge in [-0.15, -0.1) is 17.7 Å². The summed E-state index contributed by atoms with van der Waals surface area (Å²) in [6.45, 7) is 8.92. The van der Waals surface area contributed by atoms with Crippen LogP contribution in [0.3, 0.4) is 0 Å². The van der Waals surface area contributed by atoms with Gasteiger partial charge in [0, 0.05) is 55.4 Å².